The van der Waals surface area contributed by atoms with Crippen molar-refractivity contribution in [2.45, 2.75) is 51.7 Å². The maximum Gasteiger partial charge on any atom is 0.264 e. The highest BCUT2D eigenvalue weighted by molar-refractivity contribution is 5.99. The van der Waals surface area contributed by atoms with E-state index in [9.17, 15) is 18.8 Å². The van der Waals surface area contributed by atoms with Crippen LogP contribution in [0, 0.1) is 28.8 Å². The maximum atomic E-state index is 15.5. The highest BCUT2D eigenvalue weighted by Crippen LogP contribution is 2.35. The van der Waals surface area contributed by atoms with Gasteiger partial charge in [-0.3, -0.25) is 4.79 Å². The molecule has 228 valence electrons. The Labute approximate surface area is 252 Å². The Bertz CT molecular complexity index is 1800. The van der Waals surface area contributed by atoms with Crippen molar-refractivity contribution >= 4 is 22.8 Å². The van der Waals surface area contributed by atoms with E-state index < -0.39 is 23.0 Å². The van der Waals surface area contributed by atoms with Gasteiger partial charge in [0.2, 0.25) is 5.82 Å². The van der Waals surface area contributed by atoms with Crippen molar-refractivity contribution in [3.63, 3.8) is 0 Å². The molecule has 0 bridgehead atoms. The Hall–Kier alpha value is -4.96. The van der Waals surface area contributed by atoms with E-state index in [-0.39, 0.29) is 52.6 Å². The average molecular weight is 605 g/mol. The van der Waals surface area contributed by atoms with Crippen LogP contribution in [0.1, 0.15) is 33.6 Å². The standard InChI is InChI=1S/C31H31F3N8O2/c1-4-39-31(2,3)14-18(15-35)30(43)41-12-6-7-19(41)16-42-29-25(28(36)37-17-38-29)27(40-42)21-11-10-20(13-23(21)33)44-24-9-5-8-22(32)26(24)34/h5,8-11,13-14,17,19,39H,4,6-7,12,16H2,1-3H3,(H2,36,37,38)/t19-/m1/s1. The summed E-state index contributed by atoms with van der Waals surface area (Å²) in [6, 6.07) is 9.02. The van der Waals surface area contributed by atoms with E-state index >= 15 is 4.39 Å². The summed E-state index contributed by atoms with van der Waals surface area (Å²) in [7, 11) is 0. The quantitative estimate of drug-likeness (QED) is 0.199. The molecule has 0 spiro atoms. The van der Waals surface area contributed by atoms with Crippen LogP contribution in [0.3, 0.4) is 0 Å². The lowest BCUT2D eigenvalue weighted by Gasteiger charge is -2.26. The number of fused-ring (bicyclic) bond motifs is 1. The van der Waals surface area contributed by atoms with Crippen LogP contribution in [-0.2, 0) is 11.3 Å². The van der Waals surface area contributed by atoms with Gasteiger partial charge >= 0.3 is 0 Å². The molecule has 1 aliphatic rings. The number of carbonyl (C=O) groups excluding carboxylic acids is 1. The molecule has 1 atom stereocenters. The molecule has 0 saturated carbocycles. The van der Waals surface area contributed by atoms with E-state index in [4.69, 9.17) is 10.5 Å². The Morgan fingerprint density at radius 3 is 2.75 bits per heavy atom. The van der Waals surface area contributed by atoms with E-state index in [1.165, 1.54) is 30.6 Å². The van der Waals surface area contributed by atoms with Crippen LogP contribution in [0.4, 0.5) is 19.0 Å². The number of likely N-dealkylation sites (tertiary alicyclic amines) is 1. The average Bonchev–Trinajstić information content (AvgIpc) is 3.59. The number of nitrogens with one attached hydrogen (secondary N) is 1. The first kappa shape index (κ1) is 30.5. The lowest BCUT2D eigenvalue weighted by molar-refractivity contribution is -0.127. The fraction of sp³-hybridized carbons (Fsp3) is 0.323. The molecule has 3 N–H and O–H groups in total. The molecule has 4 aromatic rings. The van der Waals surface area contributed by atoms with Gasteiger partial charge in [0.1, 0.15) is 41.0 Å². The molecule has 10 nitrogen and oxygen atoms in total. The van der Waals surface area contributed by atoms with Crippen molar-refractivity contribution in [1.29, 1.82) is 5.26 Å². The number of nitriles is 1. The number of nitrogen functional groups attached to an aromatic ring is 1. The lowest BCUT2D eigenvalue weighted by Crippen LogP contribution is -2.41. The van der Waals surface area contributed by atoms with Gasteiger partial charge in [-0.05, 0) is 63.6 Å². The molecule has 2 aromatic heterocycles. The molecule has 1 aliphatic heterocycles. The number of amides is 1. The first-order chi connectivity index (χ1) is 21.0. The number of nitrogens with zero attached hydrogens (tertiary/aromatic N) is 6. The molecular formula is C31H31F3N8O2. The zero-order valence-electron chi connectivity index (χ0n) is 24.4. The highest BCUT2D eigenvalue weighted by Gasteiger charge is 2.33. The summed E-state index contributed by atoms with van der Waals surface area (Å²) in [5.41, 5.74) is 6.26. The summed E-state index contributed by atoms with van der Waals surface area (Å²) in [6.07, 6.45) is 4.31. The number of likely N-dealkylation sites (N-methyl/N-ethyl adjacent to an activating group) is 1. The third kappa shape index (κ3) is 6.07. The Morgan fingerprint density at radius 2 is 2.02 bits per heavy atom. The molecular weight excluding hydrogens is 573 g/mol. The second kappa shape index (κ2) is 12.3. The minimum Gasteiger partial charge on any atom is -0.454 e. The number of hydrogen-bond donors (Lipinski definition) is 2. The van der Waals surface area contributed by atoms with Crippen molar-refractivity contribution in [3.05, 3.63) is 71.8 Å². The predicted octanol–water partition coefficient (Wildman–Crippen LogP) is 5.11. The van der Waals surface area contributed by atoms with Gasteiger partial charge in [-0.1, -0.05) is 13.0 Å². The highest BCUT2D eigenvalue weighted by atomic mass is 19.2. The SMILES string of the molecule is CCNC(C)(C)C=C(C#N)C(=O)N1CCC[C@@H]1Cn1nc(-c2ccc(Oc3cccc(F)c3F)cc2F)c2c(N)ncnc21. The van der Waals surface area contributed by atoms with E-state index in [0.29, 0.717) is 30.5 Å². The van der Waals surface area contributed by atoms with Gasteiger partial charge in [0.25, 0.3) is 5.91 Å². The molecule has 1 saturated heterocycles. The Kier molecular flexibility index (Phi) is 8.55. The number of halogens is 3. The normalized spacial score (nSPS) is 15.5. The van der Waals surface area contributed by atoms with Crippen LogP contribution in [0.15, 0.2) is 54.4 Å². The molecule has 2 aromatic carbocycles. The van der Waals surface area contributed by atoms with Gasteiger partial charge in [-0.2, -0.15) is 14.8 Å². The fourth-order valence-corrected chi connectivity index (χ4v) is 5.44. The van der Waals surface area contributed by atoms with Gasteiger partial charge in [-0.15, -0.1) is 0 Å². The number of benzene rings is 2. The van der Waals surface area contributed by atoms with E-state index in [0.717, 1.165) is 18.6 Å². The Morgan fingerprint density at radius 1 is 1.23 bits per heavy atom. The number of hydrogen-bond acceptors (Lipinski definition) is 8. The number of ether oxygens (including phenoxy) is 1. The van der Waals surface area contributed by atoms with Crippen molar-refractivity contribution in [1.82, 2.24) is 30.0 Å². The molecule has 13 heteroatoms. The number of aromatic nitrogens is 4. The zero-order valence-corrected chi connectivity index (χ0v) is 24.4. The fourth-order valence-electron chi connectivity index (χ4n) is 5.44. The van der Waals surface area contributed by atoms with Crippen molar-refractivity contribution in [3.8, 4) is 28.8 Å². The van der Waals surface area contributed by atoms with Gasteiger partial charge in [0.05, 0.1) is 18.0 Å². The lowest BCUT2D eigenvalue weighted by atomic mass is 10.0. The van der Waals surface area contributed by atoms with Crippen LogP contribution in [0.2, 0.25) is 0 Å². The van der Waals surface area contributed by atoms with Crippen LogP contribution < -0.4 is 15.8 Å². The largest absolute Gasteiger partial charge is 0.454 e. The maximum absolute atomic E-state index is 15.5. The van der Waals surface area contributed by atoms with Crippen LogP contribution in [-0.4, -0.2) is 55.2 Å². The number of carbonyl (C=O) groups is 1. The van der Waals surface area contributed by atoms with Gasteiger partial charge in [-0.25, -0.2) is 23.4 Å². The summed E-state index contributed by atoms with van der Waals surface area (Å²) < 4.78 is 50.1. The van der Waals surface area contributed by atoms with Gasteiger partial charge < -0.3 is 20.7 Å². The Balaban J connectivity index is 1.46. The minimum atomic E-state index is -1.19. The van der Waals surface area contributed by atoms with Crippen LogP contribution in [0.5, 0.6) is 11.5 Å². The van der Waals surface area contributed by atoms with E-state index in [1.807, 2.05) is 20.8 Å². The van der Waals surface area contributed by atoms with Crippen molar-refractivity contribution in [2.24, 2.45) is 0 Å². The molecule has 0 radical (unpaired) electrons. The monoisotopic (exact) mass is 604 g/mol. The summed E-state index contributed by atoms with van der Waals surface area (Å²) >= 11 is 0. The first-order valence-electron chi connectivity index (χ1n) is 14.1. The predicted molar refractivity (Wildman–Crippen MR) is 158 cm³/mol. The molecule has 0 unspecified atom stereocenters. The second-order valence-electron chi connectivity index (χ2n) is 11.0. The third-order valence-corrected chi connectivity index (χ3v) is 7.41. The number of rotatable bonds is 9. The first-order valence-corrected chi connectivity index (χ1v) is 14.1. The molecule has 3 heterocycles. The molecule has 0 aliphatic carbocycles. The molecule has 1 amide bonds. The zero-order chi connectivity index (χ0) is 31.6. The van der Waals surface area contributed by atoms with E-state index in [1.54, 1.807) is 15.7 Å². The van der Waals surface area contributed by atoms with E-state index in [2.05, 4.69) is 26.5 Å². The van der Waals surface area contributed by atoms with Crippen molar-refractivity contribution < 1.29 is 22.7 Å². The molecule has 5 rings (SSSR count). The summed E-state index contributed by atoms with van der Waals surface area (Å²) in [5.74, 6) is -3.77. The summed E-state index contributed by atoms with van der Waals surface area (Å²) in [4.78, 5) is 23.5. The third-order valence-electron chi connectivity index (χ3n) is 7.41. The van der Waals surface area contributed by atoms with Gasteiger partial charge in [0.15, 0.2) is 17.2 Å². The molecule has 44 heavy (non-hydrogen) atoms. The molecule has 1 fully saturated rings. The van der Waals surface area contributed by atoms with Crippen molar-refractivity contribution in [2.75, 3.05) is 18.8 Å². The number of nitrogens with two attached hydrogens (primary N) is 1. The van der Waals surface area contributed by atoms with Crippen LogP contribution >= 0.6 is 0 Å². The van der Waals surface area contributed by atoms with Gasteiger partial charge in [0, 0.05) is 23.7 Å². The number of anilines is 1. The summed E-state index contributed by atoms with van der Waals surface area (Å²) in [6.45, 7) is 7.08. The second-order valence-corrected chi connectivity index (χ2v) is 11.0. The topological polar surface area (TPSA) is 135 Å². The summed E-state index contributed by atoms with van der Waals surface area (Å²) in [5, 5.41) is 18.0. The smallest absolute Gasteiger partial charge is 0.264 e. The minimum absolute atomic E-state index is 0.0444. The van der Waals surface area contributed by atoms with Crippen LogP contribution in [0.25, 0.3) is 22.3 Å².